The van der Waals surface area contributed by atoms with Crippen LogP contribution in [0.15, 0.2) is 24.7 Å². The number of aromatic nitrogens is 4. The quantitative estimate of drug-likeness (QED) is 0.847. The van der Waals surface area contributed by atoms with Gasteiger partial charge in [-0.05, 0) is 19.9 Å². The first-order chi connectivity index (χ1) is 9.54. The molecule has 0 radical (unpaired) electrons. The van der Waals surface area contributed by atoms with E-state index in [9.17, 15) is 8.78 Å². The molecule has 2 rings (SSSR count). The fraction of sp³-hybridized carbons (Fsp3) is 0.538. The predicted octanol–water partition coefficient (Wildman–Crippen LogP) is 2.22. The molecule has 110 valence electrons. The lowest BCUT2D eigenvalue weighted by Crippen LogP contribution is -2.13. The highest BCUT2D eigenvalue weighted by molar-refractivity contribution is 5.04. The second-order valence-corrected chi connectivity index (χ2v) is 4.95. The van der Waals surface area contributed by atoms with E-state index in [1.807, 2.05) is 16.9 Å². The Morgan fingerprint density at radius 2 is 2.10 bits per heavy atom. The van der Waals surface area contributed by atoms with Crippen LogP contribution in [0.4, 0.5) is 8.78 Å². The molecule has 0 fully saturated rings. The summed E-state index contributed by atoms with van der Waals surface area (Å²) in [7, 11) is 0. The van der Waals surface area contributed by atoms with Crippen molar-refractivity contribution in [1.82, 2.24) is 24.9 Å². The van der Waals surface area contributed by atoms with Crippen molar-refractivity contribution in [2.24, 2.45) is 0 Å². The molecular weight excluding hydrogens is 264 g/mol. The number of nitrogens with zero attached hydrogens (tertiary/aromatic N) is 4. The molecule has 0 saturated carbocycles. The lowest BCUT2D eigenvalue weighted by molar-refractivity contribution is 0.122. The molecule has 0 aliphatic rings. The second-order valence-electron chi connectivity index (χ2n) is 4.95. The Kier molecular flexibility index (Phi) is 4.84. The fourth-order valence-corrected chi connectivity index (χ4v) is 1.83. The Labute approximate surface area is 116 Å². The summed E-state index contributed by atoms with van der Waals surface area (Å²) in [5, 5.41) is 11.5. The van der Waals surface area contributed by atoms with Gasteiger partial charge in [-0.15, -0.1) is 0 Å². The predicted molar refractivity (Wildman–Crippen MR) is 71.4 cm³/mol. The second kappa shape index (κ2) is 6.60. The lowest BCUT2D eigenvalue weighted by Gasteiger charge is -2.04. The van der Waals surface area contributed by atoms with Gasteiger partial charge in [-0.25, -0.2) is 8.78 Å². The van der Waals surface area contributed by atoms with Crippen LogP contribution in [0.3, 0.4) is 0 Å². The van der Waals surface area contributed by atoms with Gasteiger partial charge in [0.15, 0.2) is 0 Å². The fourth-order valence-electron chi connectivity index (χ4n) is 1.83. The van der Waals surface area contributed by atoms with Crippen molar-refractivity contribution in [3.63, 3.8) is 0 Å². The summed E-state index contributed by atoms with van der Waals surface area (Å²) in [5.74, 6) is 0. The van der Waals surface area contributed by atoms with Gasteiger partial charge >= 0.3 is 0 Å². The van der Waals surface area contributed by atoms with E-state index >= 15 is 0 Å². The Morgan fingerprint density at radius 3 is 2.75 bits per heavy atom. The van der Waals surface area contributed by atoms with Crippen molar-refractivity contribution in [2.45, 2.75) is 45.9 Å². The van der Waals surface area contributed by atoms with E-state index in [0.29, 0.717) is 19.1 Å². The first kappa shape index (κ1) is 14.6. The minimum Gasteiger partial charge on any atom is -0.307 e. The topological polar surface area (TPSA) is 47.7 Å². The van der Waals surface area contributed by atoms with E-state index in [1.165, 1.54) is 4.68 Å². The molecule has 2 aromatic heterocycles. The summed E-state index contributed by atoms with van der Waals surface area (Å²) in [5.41, 5.74) is 1.84. The van der Waals surface area contributed by atoms with Gasteiger partial charge in [0.1, 0.15) is 6.54 Å². The first-order valence-corrected chi connectivity index (χ1v) is 6.59. The summed E-state index contributed by atoms with van der Waals surface area (Å²) >= 11 is 0. The molecule has 0 unspecified atom stereocenters. The van der Waals surface area contributed by atoms with Crippen LogP contribution in [0.25, 0.3) is 0 Å². The van der Waals surface area contributed by atoms with E-state index < -0.39 is 6.43 Å². The normalized spacial score (nSPS) is 11.7. The van der Waals surface area contributed by atoms with Gasteiger partial charge in [-0.1, -0.05) is 0 Å². The van der Waals surface area contributed by atoms with Crippen LogP contribution in [0.5, 0.6) is 0 Å². The molecule has 0 atom stereocenters. The number of rotatable bonds is 7. The van der Waals surface area contributed by atoms with Crippen molar-refractivity contribution in [3.8, 4) is 0 Å². The summed E-state index contributed by atoms with van der Waals surface area (Å²) in [6.45, 7) is 5.00. The van der Waals surface area contributed by atoms with Crippen LogP contribution in [0, 0.1) is 0 Å². The Morgan fingerprint density at radius 1 is 1.30 bits per heavy atom. The molecule has 2 heterocycles. The highest BCUT2D eigenvalue weighted by Gasteiger charge is 2.06. The van der Waals surface area contributed by atoms with Crippen LogP contribution in [0.2, 0.25) is 0 Å². The maximum atomic E-state index is 12.2. The minimum absolute atomic E-state index is 0.344. The van der Waals surface area contributed by atoms with Crippen molar-refractivity contribution < 1.29 is 8.78 Å². The van der Waals surface area contributed by atoms with Gasteiger partial charge in [0.05, 0.1) is 11.9 Å². The molecule has 0 spiro atoms. The van der Waals surface area contributed by atoms with Crippen molar-refractivity contribution in [2.75, 3.05) is 0 Å². The molecule has 5 nitrogen and oxygen atoms in total. The lowest BCUT2D eigenvalue weighted by atomic mass is 10.3. The van der Waals surface area contributed by atoms with Crippen LogP contribution >= 0.6 is 0 Å². The molecule has 0 aliphatic heterocycles. The Hall–Kier alpha value is -1.76. The number of hydrogen-bond donors (Lipinski definition) is 1. The van der Waals surface area contributed by atoms with Gasteiger partial charge in [-0.3, -0.25) is 9.36 Å². The SMILES string of the molecule is CC(C)n1ccc(CNCc2cnn(CC(F)F)c2)n1. The highest BCUT2D eigenvalue weighted by atomic mass is 19.3. The third-order valence-electron chi connectivity index (χ3n) is 2.84. The molecule has 2 aromatic rings. The first-order valence-electron chi connectivity index (χ1n) is 6.59. The van der Waals surface area contributed by atoms with Crippen LogP contribution in [0.1, 0.15) is 31.1 Å². The third-order valence-corrected chi connectivity index (χ3v) is 2.84. The smallest absolute Gasteiger partial charge is 0.257 e. The third kappa shape index (κ3) is 4.12. The largest absolute Gasteiger partial charge is 0.307 e. The zero-order chi connectivity index (χ0) is 14.5. The number of alkyl halides is 2. The maximum absolute atomic E-state index is 12.2. The standard InChI is InChI=1S/C13H19F2N5/c1-10(2)20-4-3-12(18-20)7-16-5-11-6-17-19(8-11)9-13(14)15/h3-4,6,8,10,13,16H,5,7,9H2,1-2H3. The van der Waals surface area contributed by atoms with Gasteiger partial charge in [0.25, 0.3) is 6.43 Å². The minimum atomic E-state index is -2.38. The average Bonchev–Trinajstić information content (AvgIpc) is 2.98. The summed E-state index contributed by atoms with van der Waals surface area (Å²) in [6, 6.07) is 2.31. The molecule has 1 N–H and O–H groups in total. The van der Waals surface area contributed by atoms with Crippen LogP contribution in [-0.2, 0) is 19.6 Å². The molecule has 0 amide bonds. The van der Waals surface area contributed by atoms with Gasteiger partial charge in [-0.2, -0.15) is 10.2 Å². The number of hydrogen-bond acceptors (Lipinski definition) is 3. The van der Waals surface area contributed by atoms with Crippen molar-refractivity contribution in [3.05, 3.63) is 35.9 Å². The van der Waals surface area contributed by atoms with Crippen molar-refractivity contribution >= 4 is 0 Å². The van der Waals surface area contributed by atoms with Crippen LogP contribution < -0.4 is 5.32 Å². The zero-order valence-corrected chi connectivity index (χ0v) is 11.6. The van der Waals surface area contributed by atoms with E-state index in [0.717, 1.165) is 11.3 Å². The molecular formula is C13H19F2N5. The number of nitrogens with one attached hydrogen (secondary N) is 1. The molecule has 20 heavy (non-hydrogen) atoms. The van der Waals surface area contributed by atoms with E-state index in [-0.39, 0.29) is 6.54 Å². The van der Waals surface area contributed by atoms with Gasteiger partial charge < -0.3 is 5.32 Å². The Bertz CT molecular complexity index is 532. The monoisotopic (exact) mass is 283 g/mol. The average molecular weight is 283 g/mol. The Balaban J connectivity index is 1.78. The molecule has 7 heteroatoms. The molecule has 0 bridgehead atoms. The highest BCUT2D eigenvalue weighted by Crippen LogP contribution is 2.05. The van der Waals surface area contributed by atoms with Crippen LogP contribution in [-0.4, -0.2) is 26.0 Å². The maximum Gasteiger partial charge on any atom is 0.257 e. The van der Waals surface area contributed by atoms with Gasteiger partial charge in [0, 0.05) is 37.1 Å². The van der Waals surface area contributed by atoms with E-state index in [2.05, 4.69) is 29.4 Å². The summed E-state index contributed by atoms with van der Waals surface area (Å²) < 4.78 is 27.5. The zero-order valence-electron chi connectivity index (χ0n) is 11.6. The summed E-state index contributed by atoms with van der Waals surface area (Å²) in [6.07, 6.45) is 2.80. The van der Waals surface area contributed by atoms with Crippen molar-refractivity contribution in [1.29, 1.82) is 0 Å². The summed E-state index contributed by atoms with van der Waals surface area (Å²) in [4.78, 5) is 0. The molecule has 0 saturated heterocycles. The molecule has 0 aliphatic carbocycles. The van der Waals surface area contributed by atoms with E-state index in [4.69, 9.17) is 0 Å². The van der Waals surface area contributed by atoms with Gasteiger partial charge in [0.2, 0.25) is 0 Å². The number of halogens is 2. The van der Waals surface area contributed by atoms with E-state index in [1.54, 1.807) is 12.4 Å². The molecule has 0 aromatic carbocycles.